The molecule has 0 aromatic rings. The summed E-state index contributed by atoms with van der Waals surface area (Å²) in [5.74, 6) is 0.151. The Kier molecular flexibility index (Phi) is 4.55. The van der Waals surface area contributed by atoms with Gasteiger partial charge in [-0.25, -0.2) is 8.42 Å². The van der Waals surface area contributed by atoms with Crippen LogP contribution in [-0.2, 0) is 14.6 Å². The molecule has 1 rings (SSSR count). The van der Waals surface area contributed by atoms with Crippen LogP contribution in [0.1, 0.15) is 27.2 Å². The van der Waals surface area contributed by atoms with E-state index >= 15 is 0 Å². The first kappa shape index (κ1) is 14.4. The molecule has 0 saturated carbocycles. The highest BCUT2D eigenvalue weighted by atomic mass is 32.2. The monoisotopic (exact) mass is 262 g/mol. The summed E-state index contributed by atoms with van der Waals surface area (Å²) >= 11 is 0. The zero-order valence-corrected chi connectivity index (χ0v) is 11.6. The van der Waals surface area contributed by atoms with Crippen LogP contribution in [0.25, 0.3) is 0 Å². The van der Waals surface area contributed by atoms with E-state index in [-0.39, 0.29) is 35.3 Å². The summed E-state index contributed by atoms with van der Waals surface area (Å²) in [5, 5.41) is 5.89. The van der Waals surface area contributed by atoms with Gasteiger partial charge in [-0.1, -0.05) is 20.8 Å². The molecule has 100 valence electrons. The van der Waals surface area contributed by atoms with Crippen molar-refractivity contribution in [1.29, 1.82) is 0 Å². The summed E-state index contributed by atoms with van der Waals surface area (Å²) in [5.41, 5.74) is 0.0434. The third kappa shape index (κ3) is 6.02. The van der Waals surface area contributed by atoms with Crippen LogP contribution in [0, 0.1) is 5.41 Å². The fourth-order valence-electron chi connectivity index (χ4n) is 1.66. The van der Waals surface area contributed by atoms with Gasteiger partial charge in [-0.15, -0.1) is 0 Å². The van der Waals surface area contributed by atoms with E-state index in [1.807, 2.05) is 20.8 Å². The number of amides is 1. The Hall–Kier alpha value is -0.620. The summed E-state index contributed by atoms with van der Waals surface area (Å²) in [7, 11) is -2.96. The summed E-state index contributed by atoms with van der Waals surface area (Å²) < 4.78 is 22.8. The largest absolute Gasteiger partial charge is 0.356 e. The second kappa shape index (κ2) is 5.35. The smallest absolute Gasteiger partial charge is 0.221 e. The summed E-state index contributed by atoms with van der Waals surface area (Å²) in [4.78, 5) is 11.6. The highest BCUT2D eigenvalue weighted by Gasteiger charge is 2.26. The second-order valence-electron chi connectivity index (χ2n) is 5.81. The Balaban J connectivity index is 2.36. The van der Waals surface area contributed by atoms with Crippen molar-refractivity contribution < 1.29 is 13.2 Å². The van der Waals surface area contributed by atoms with Gasteiger partial charge in [-0.05, 0) is 5.41 Å². The van der Waals surface area contributed by atoms with E-state index in [2.05, 4.69) is 10.6 Å². The summed E-state index contributed by atoms with van der Waals surface area (Å²) in [6.45, 7) is 7.16. The molecule has 1 heterocycles. The SMILES string of the molecule is CC(C)(C)CNC(=O)CC1CS(=O)(=O)CCN1. The average Bonchev–Trinajstić information content (AvgIpc) is 2.12. The number of rotatable bonds is 3. The van der Waals surface area contributed by atoms with E-state index in [9.17, 15) is 13.2 Å². The molecule has 1 atom stereocenters. The minimum absolute atomic E-state index is 0.0434. The molecule has 0 aromatic heterocycles. The molecule has 5 nitrogen and oxygen atoms in total. The maximum Gasteiger partial charge on any atom is 0.221 e. The van der Waals surface area contributed by atoms with Crippen LogP contribution >= 0.6 is 0 Å². The minimum Gasteiger partial charge on any atom is -0.356 e. The van der Waals surface area contributed by atoms with Crippen LogP contribution < -0.4 is 10.6 Å². The molecule has 0 aromatic carbocycles. The number of hydrogen-bond donors (Lipinski definition) is 2. The number of carbonyl (C=O) groups is 1. The number of hydrogen-bond acceptors (Lipinski definition) is 4. The molecule has 1 unspecified atom stereocenters. The van der Waals surface area contributed by atoms with Gasteiger partial charge >= 0.3 is 0 Å². The molecule has 1 fully saturated rings. The predicted octanol–water partition coefficient (Wildman–Crippen LogP) is -0.0746. The lowest BCUT2D eigenvalue weighted by atomic mass is 9.97. The van der Waals surface area contributed by atoms with Gasteiger partial charge in [-0.2, -0.15) is 0 Å². The van der Waals surface area contributed by atoms with E-state index in [0.717, 1.165) is 0 Å². The van der Waals surface area contributed by atoms with E-state index in [0.29, 0.717) is 13.1 Å². The highest BCUT2D eigenvalue weighted by Crippen LogP contribution is 2.11. The molecule has 1 aliphatic heterocycles. The Morgan fingerprint density at radius 2 is 2.06 bits per heavy atom. The maximum absolute atomic E-state index is 11.6. The number of nitrogens with one attached hydrogen (secondary N) is 2. The minimum atomic E-state index is -2.96. The average molecular weight is 262 g/mol. The normalized spacial score (nSPS) is 24.3. The molecule has 17 heavy (non-hydrogen) atoms. The number of sulfone groups is 1. The van der Waals surface area contributed by atoms with Crippen LogP contribution in [-0.4, -0.2) is 45.0 Å². The van der Waals surface area contributed by atoms with Gasteiger partial charge < -0.3 is 10.6 Å². The molecule has 0 radical (unpaired) electrons. The Labute approximate surface area is 103 Å². The van der Waals surface area contributed by atoms with Gasteiger partial charge in [0.25, 0.3) is 0 Å². The lowest BCUT2D eigenvalue weighted by Crippen LogP contribution is -2.47. The number of carbonyl (C=O) groups excluding carboxylic acids is 1. The van der Waals surface area contributed by atoms with Gasteiger partial charge in [0, 0.05) is 25.6 Å². The standard InChI is InChI=1S/C11H22N2O3S/c1-11(2,3)8-13-10(14)6-9-7-17(15,16)5-4-12-9/h9,12H,4-8H2,1-3H3,(H,13,14). The molecule has 0 bridgehead atoms. The van der Waals surface area contributed by atoms with Crippen molar-refractivity contribution >= 4 is 15.7 Å². The van der Waals surface area contributed by atoms with Crippen LogP contribution in [0.3, 0.4) is 0 Å². The topological polar surface area (TPSA) is 75.3 Å². The Bertz CT molecular complexity index is 371. The predicted molar refractivity (Wildman–Crippen MR) is 67.5 cm³/mol. The first-order valence-corrected chi connectivity index (χ1v) is 7.71. The maximum atomic E-state index is 11.6. The molecular formula is C11H22N2O3S. The van der Waals surface area contributed by atoms with Crippen molar-refractivity contribution in [3.05, 3.63) is 0 Å². The molecular weight excluding hydrogens is 240 g/mol. The van der Waals surface area contributed by atoms with Crippen LogP contribution in [0.15, 0.2) is 0 Å². The van der Waals surface area contributed by atoms with Gasteiger partial charge in [-0.3, -0.25) is 4.79 Å². The Morgan fingerprint density at radius 3 is 2.59 bits per heavy atom. The van der Waals surface area contributed by atoms with Crippen molar-refractivity contribution in [2.24, 2.45) is 5.41 Å². The van der Waals surface area contributed by atoms with Crippen molar-refractivity contribution in [2.45, 2.75) is 33.2 Å². The summed E-state index contributed by atoms with van der Waals surface area (Å²) in [6.07, 6.45) is 0.231. The second-order valence-corrected chi connectivity index (χ2v) is 8.04. The lowest BCUT2D eigenvalue weighted by molar-refractivity contribution is -0.121. The van der Waals surface area contributed by atoms with Crippen LogP contribution in [0.2, 0.25) is 0 Å². The molecule has 1 aliphatic rings. The molecule has 0 aliphatic carbocycles. The first-order chi connectivity index (χ1) is 7.68. The molecule has 1 saturated heterocycles. The van der Waals surface area contributed by atoms with Crippen molar-refractivity contribution in [1.82, 2.24) is 10.6 Å². The highest BCUT2D eigenvalue weighted by molar-refractivity contribution is 7.91. The Morgan fingerprint density at radius 1 is 1.41 bits per heavy atom. The van der Waals surface area contributed by atoms with Crippen LogP contribution in [0.5, 0.6) is 0 Å². The fourth-order valence-corrected chi connectivity index (χ4v) is 3.10. The van der Waals surface area contributed by atoms with E-state index in [4.69, 9.17) is 0 Å². The molecule has 0 spiro atoms. The molecule has 1 amide bonds. The van der Waals surface area contributed by atoms with Crippen molar-refractivity contribution in [3.8, 4) is 0 Å². The molecule has 2 N–H and O–H groups in total. The quantitative estimate of drug-likeness (QED) is 0.746. The van der Waals surface area contributed by atoms with E-state index < -0.39 is 9.84 Å². The lowest BCUT2D eigenvalue weighted by Gasteiger charge is -2.24. The summed E-state index contributed by atoms with van der Waals surface area (Å²) in [6, 6.07) is -0.242. The zero-order valence-electron chi connectivity index (χ0n) is 10.7. The van der Waals surface area contributed by atoms with Crippen molar-refractivity contribution in [3.63, 3.8) is 0 Å². The van der Waals surface area contributed by atoms with E-state index in [1.165, 1.54) is 0 Å². The molecule has 6 heteroatoms. The first-order valence-electron chi connectivity index (χ1n) is 5.88. The van der Waals surface area contributed by atoms with Gasteiger partial charge in [0.1, 0.15) is 0 Å². The van der Waals surface area contributed by atoms with Crippen LogP contribution in [0.4, 0.5) is 0 Å². The van der Waals surface area contributed by atoms with Gasteiger partial charge in [0.15, 0.2) is 9.84 Å². The zero-order chi connectivity index (χ0) is 13.1. The fraction of sp³-hybridized carbons (Fsp3) is 0.909. The van der Waals surface area contributed by atoms with Gasteiger partial charge in [0.2, 0.25) is 5.91 Å². The third-order valence-corrected chi connectivity index (χ3v) is 4.29. The van der Waals surface area contributed by atoms with Gasteiger partial charge in [0.05, 0.1) is 11.5 Å². The van der Waals surface area contributed by atoms with E-state index in [1.54, 1.807) is 0 Å². The van der Waals surface area contributed by atoms with Crippen molar-refractivity contribution in [2.75, 3.05) is 24.6 Å². The third-order valence-electron chi connectivity index (χ3n) is 2.55.